The summed E-state index contributed by atoms with van der Waals surface area (Å²) in [5, 5.41) is 12.1. The van der Waals surface area contributed by atoms with Crippen LogP contribution in [0.15, 0.2) is 47.1 Å². The lowest BCUT2D eigenvalue weighted by atomic mass is 10.1. The number of aryl methyl sites for hydroxylation is 1. The Morgan fingerprint density at radius 3 is 2.57 bits per heavy atom. The van der Waals surface area contributed by atoms with Crippen LogP contribution in [-0.2, 0) is 9.53 Å². The Balaban J connectivity index is 1.72. The van der Waals surface area contributed by atoms with Crippen molar-refractivity contribution in [2.45, 2.75) is 6.92 Å². The number of nitriles is 1. The van der Waals surface area contributed by atoms with E-state index in [1.54, 1.807) is 54.2 Å². The van der Waals surface area contributed by atoms with Gasteiger partial charge in [0, 0.05) is 18.5 Å². The monoisotopic (exact) mass is 409 g/mol. The molecule has 1 amide bonds. The number of benzene rings is 1. The minimum absolute atomic E-state index is 0.0204. The number of ether oxygens (including phenoxy) is 3. The number of hydrogen-bond donors (Lipinski definition) is 1. The van der Waals surface area contributed by atoms with Gasteiger partial charge in [-0.25, -0.2) is 4.79 Å². The van der Waals surface area contributed by atoms with Gasteiger partial charge in [0.2, 0.25) is 5.88 Å². The first-order valence-electron chi connectivity index (χ1n) is 8.84. The van der Waals surface area contributed by atoms with E-state index >= 15 is 0 Å². The molecule has 1 aromatic carbocycles. The van der Waals surface area contributed by atoms with Crippen molar-refractivity contribution in [3.05, 3.63) is 59.6 Å². The maximum Gasteiger partial charge on any atom is 0.343 e. The maximum atomic E-state index is 12.5. The number of methoxy groups -OCH3 is 2. The number of nitrogens with one attached hydrogen (secondary N) is 1. The minimum Gasteiger partial charge on any atom is -0.497 e. The highest BCUT2D eigenvalue weighted by atomic mass is 16.5. The summed E-state index contributed by atoms with van der Waals surface area (Å²) in [6, 6.07) is 10.4. The van der Waals surface area contributed by atoms with E-state index in [9.17, 15) is 14.9 Å². The van der Waals surface area contributed by atoms with Crippen LogP contribution in [0.25, 0.3) is 5.88 Å². The zero-order valence-corrected chi connectivity index (χ0v) is 16.6. The minimum atomic E-state index is -0.834. The third-order valence-electron chi connectivity index (χ3n) is 4.24. The van der Waals surface area contributed by atoms with Gasteiger partial charge in [0.15, 0.2) is 6.61 Å². The standard InChI is InChI=1S/C21H19N3O6/c1-13-19(15(11-22)20(30-13)24-8-4-5-9-24)21(26)29-12-18(25)23-16-10-14(27-2)6-7-17(16)28-3/h4-10H,12H2,1-3H3,(H,23,25). The average Bonchev–Trinajstić information content (AvgIpc) is 3.39. The van der Waals surface area contributed by atoms with E-state index in [-0.39, 0.29) is 22.8 Å². The predicted octanol–water partition coefficient (Wildman–Crippen LogP) is 3.06. The zero-order chi connectivity index (χ0) is 21.7. The molecule has 0 radical (unpaired) electrons. The Morgan fingerprint density at radius 1 is 1.20 bits per heavy atom. The second-order valence-electron chi connectivity index (χ2n) is 6.11. The van der Waals surface area contributed by atoms with E-state index in [2.05, 4.69) is 5.32 Å². The fourth-order valence-electron chi connectivity index (χ4n) is 2.83. The Bertz CT molecular complexity index is 1110. The van der Waals surface area contributed by atoms with Crippen molar-refractivity contribution in [2.24, 2.45) is 0 Å². The number of carbonyl (C=O) groups is 2. The highest BCUT2D eigenvalue weighted by molar-refractivity contribution is 5.98. The lowest BCUT2D eigenvalue weighted by Gasteiger charge is -2.12. The number of nitrogens with zero attached hydrogens (tertiary/aromatic N) is 2. The van der Waals surface area contributed by atoms with Gasteiger partial charge >= 0.3 is 5.97 Å². The van der Waals surface area contributed by atoms with E-state index in [0.717, 1.165) is 0 Å². The molecule has 0 aliphatic carbocycles. The van der Waals surface area contributed by atoms with Crippen molar-refractivity contribution < 1.29 is 28.2 Å². The molecule has 3 aromatic rings. The molecule has 9 heteroatoms. The van der Waals surface area contributed by atoms with E-state index in [0.29, 0.717) is 17.2 Å². The SMILES string of the molecule is COc1ccc(OC)c(NC(=O)COC(=O)c2c(C)oc(-n3cccc3)c2C#N)c1. The molecule has 1 N–H and O–H groups in total. The Kier molecular flexibility index (Phi) is 6.08. The molecule has 9 nitrogen and oxygen atoms in total. The van der Waals surface area contributed by atoms with Crippen LogP contribution in [0, 0.1) is 18.3 Å². The van der Waals surface area contributed by atoms with Crippen molar-refractivity contribution in [3.8, 4) is 23.5 Å². The molecule has 0 fully saturated rings. The molecule has 0 saturated carbocycles. The van der Waals surface area contributed by atoms with Crippen molar-refractivity contribution in [1.82, 2.24) is 4.57 Å². The van der Waals surface area contributed by atoms with E-state index in [1.165, 1.54) is 14.2 Å². The summed E-state index contributed by atoms with van der Waals surface area (Å²) in [5.74, 6) is -0.0515. The molecule has 0 saturated heterocycles. The van der Waals surface area contributed by atoms with E-state index in [4.69, 9.17) is 18.6 Å². The Labute approximate surface area is 172 Å². The van der Waals surface area contributed by atoms with Gasteiger partial charge in [-0.3, -0.25) is 9.36 Å². The Morgan fingerprint density at radius 2 is 1.93 bits per heavy atom. The fourth-order valence-corrected chi connectivity index (χ4v) is 2.83. The first kappa shape index (κ1) is 20.5. The normalized spacial score (nSPS) is 10.2. The first-order chi connectivity index (χ1) is 14.5. The highest BCUT2D eigenvalue weighted by Gasteiger charge is 2.26. The van der Waals surface area contributed by atoms with Crippen LogP contribution in [0.3, 0.4) is 0 Å². The molecule has 0 unspecified atom stereocenters. The lowest BCUT2D eigenvalue weighted by molar-refractivity contribution is -0.119. The summed E-state index contributed by atoms with van der Waals surface area (Å²) in [6.07, 6.45) is 3.37. The van der Waals surface area contributed by atoms with Crippen LogP contribution >= 0.6 is 0 Å². The van der Waals surface area contributed by atoms with Gasteiger partial charge in [-0.15, -0.1) is 0 Å². The van der Waals surface area contributed by atoms with Crippen LogP contribution in [-0.4, -0.2) is 37.3 Å². The van der Waals surface area contributed by atoms with Crippen LogP contribution in [0.5, 0.6) is 11.5 Å². The second kappa shape index (κ2) is 8.87. The molecule has 3 rings (SSSR count). The molecule has 0 aliphatic heterocycles. The first-order valence-corrected chi connectivity index (χ1v) is 8.84. The highest BCUT2D eigenvalue weighted by Crippen LogP contribution is 2.29. The fraction of sp³-hybridized carbons (Fsp3) is 0.190. The van der Waals surface area contributed by atoms with Gasteiger partial charge in [-0.2, -0.15) is 5.26 Å². The summed E-state index contributed by atoms with van der Waals surface area (Å²) in [7, 11) is 2.96. The predicted molar refractivity (Wildman–Crippen MR) is 106 cm³/mol. The van der Waals surface area contributed by atoms with E-state index in [1.807, 2.05) is 6.07 Å². The number of carbonyl (C=O) groups excluding carboxylic acids is 2. The van der Waals surface area contributed by atoms with Gasteiger partial charge in [-0.1, -0.05) is 0 Å². The average molecular weight is 409 g/mol. The number of esters is 1. The number of furan rings is 1. The van der Waals surface area contributed by atoms with Gasteiger partial charge in [0.25, 0.3) is 5.91 Å². The van der Waals surface area contributed by atoms with Crippen molar-refractivity contribution in [2.75, 3.05) is 26.1 Å². The van der Waals surface area contributed by atoms with Crippen molar-refractivity contribution >= 4 is 17.6 Å². The molecule has 0 atom stereocenters. The molecule has 154 valence electrons. The molecule has 2 aromatic heterocycles. The zero-order valence-electron chi connectivity index (χ0n) is 16.6. The van der Waals surface area contributed by atoms with Crippen LogP contribution in [0.2, 0.25) is 0 Å². The van der Waals surface area contributed by atoms with Gasteiger partial charge in [-0.05, 0) is 31.2 Å². The quantitative estimate of drug-likeness (QED) is 0.596. The molecule has 0 bridgehead atoms. The van der Waals surface area contributed by atoms with Gasteiger partial charge in [0.05, 0.1) is 19.9 Å². The Hall–Kier alpha value is -4.19. The third kappa shape index (κ3) is 4.12. The summed E-state index contributed by atoms with van der Waals surface area (Å²) in [6.45, 7) is 0.985. The third-order valence-corrected chi connectivity index (χ3v) is 4.24. The topological polar surface area (TPSA) is 116 Å². The van der Waals surface area contributed by atoms with Crippen LogP contribution in [0.4, 0.5) is 5.69 Å². The number of hydrogen-bond acceptors (Lipinski definition) is 7. The summed E-state index contributed by atoms with van der Waals surface area (Å²) < 4.78 is 22.6. The van der Waals surface area contributed by atoms with Crippen LogP contribution in [0.1, 0.15) is 21.7 Å². The molecular formula is C21H19N3O6. The van der Waals surface area contributed by atoms with Crippen LogP contribution < -0.4 is 14.8 Å². The maximum absolute atomic E-state index is 12.5. The van der Waals surface area contributed by atoms with Crippen molar-refractivity contribution in [3.63, 3.8) is 0 Å². The van der Waals surface area contributed by atoms with E-state index < -0.39 is 18.5 Å². The summed E-state index contributed by atoms with van der Waals surface area (Å²) >= 11 is 0. The molecule has 2 heterocycles. The molecular weight excluding hydrogens is 390 g/mol. The van der Waals surface area contributed by atoms with Crippen molar-refractivity contribution in [1.29, 1.82) is 5.26 Å². The second-order valence-corrected chi connectivity index (χ2v) is 6.11. The summed E-state index contributed by atoms with van der Waals surface area (Å²) in [4.78, 5) is 24.8. The smallest absolute Gasteiger partial charge is 0.343 e. The lowest BCUT2D eigenvalue weighted by Crippen LogP contribution is -2.21. The largest absolute Gasteiger partial charge is 0.497 e. The number of amides is 1. The molecule has 0 spiro atoms. The number of rotatable bonds is 7. The van der Waals surface area contributed by atoms with Gasteiger partial charge < -0.3 is 23.9 Å². The molecule has 30 heavy (non-hydrogen) atoms. The molecule has 0 aliphatic rings. The van der Waals surface area contributed by atoms with Gasteiger partial charge in [0.1, 0.15) is 34.5 Å². The number of aromatic nitrogens is 1. The summed E-state index contributed by atoms with van der Waals surface area (Å²) in [5.41, 5.74) is 0.376. The number of anilines is 1.